The Labute approximate surface area is 119 Å². The SMILES string of the molecule is CN(C)C[C@]1(O)CCN(C(=O)C(C)(C)n2cncn2)C1. The zero-order valence-electron chi connectivity index (χ0n) is 12.6. The molecule has 1 aromatic rings. The number of carbonyl (C=O) groups is 1. The van der Waals surface area contributed by atoms with E-state index in [-0.39, 0.29) is 5.91 Å². The van der Waals surface area contributed by atoms with Crippen molar-refractivity contribution >= 4 is 5.91 Å². The molecule has 112 valence electrons. The largest absolute Gasteiger partial charge is 0.387 e. The molecule has 0 aliphatic carbocycles. The maximum Gasteiger partial charge on any atom is 0.250 e. The molecule has 1 fully saturated rings. The number of hydrogen-bond donors (Lipinski definition) is 1. The van der Waals surface area contributed by atoms with Crippen LogP contribution < -0.4 is 0 Å². The normalized spacial score (nSPS) is 23.6. The molecule has 1 aliphatic heterocycles. The monoisotopic (exact) mass is 281 g/mol. The first-order valence-corrected chi connectivity index (χ1v) is 6.76. The third-order valence-electron chi connectivity index (χ3n) is 3.74. The number of aromatic nitrogens is 3. The standard InChI is InChI=1S/C13H23N5O2/c1-12(2,18-10-14-9-15-18)11(19)17-6-5-13(20,8-17)7-16(3)4/h9-10,20H,5-8H2,1-4H3/t13-/m1/s1. The first-order valence-electron chi connectivity index (χ1n) is 6.76. The second kappa shape index (κ2) is 5.14. The van der Waals surface area contributed by atoms with Crippen LogP contribution in [0.4, 0.5) is 0 Å². The molecule has 7 nitrogen and oxygen atoms in total. The molecular weight excluding hydrogens is 258 g/mol. The summed E-state index contributed by atoms with van der Waals surface area (Å²) >= 11 is 0. The van der Waals surface area contributed by atoms with E-state index < -0.39 is 11.1 Å². The van der Waals surface area contributed by atoms with Gasteiger partial charge in [0.2, 0.25) is 5.91 Å². The number of aliphatic hydroxyl groups is 1. The van der Waals surface area contributed by atoms with Gasteiger partial charge in [0.25, 0.3) is 0 Å². The molecule has 0 unspecified atom stereocenters. The smallest absolute Gasteiger partial charge is 0.250 e. The highest BCUT2D eigenvalue weighted by Crippen LogP contribution is 2.26. The molecule has 20 heavy (non-hydrogen) atoms. The number of likely N-dealkylation sites (tertiary alicyclic amines) is 1. The van der Waals surface area contributed by atoms with Crippen molar-refractivity contribution in [1.82, 2.24) is 24.6 Å². The van der Waals surface area contributed by atoms with Crippen molar-refractivity contribution < 1.29 is 9.90 Å². The summed E-state index contributed by atoms with van der Waals surface area (Å²) in [6.45, 7) is 5.12. The molecular formula is C13H23N5O2. The fourth-order valence-electron chi connectivity index (χ4n) is 2.73. The minimum Gasteiger partial charge on any atom is -0.387 e. The van der Waals surface area contributed by atoms with Gasteiger partial charge in [-0.2, -0.15) is 5.10 Å². The lowest BCUT2D eigenvalue weighted by Gasteiger charge is -2.31. The molecule has 2 rings (SSSR count). The van der Waals surface area contributed by atoms with Crippen molar-refractivity contribution in [2.45, 2.75) is 31.4 Å². The second-order valence-electron chi connectivity index (χ2n) is 6.34. The summed E-state index contributed by atoms with van der Waals surface area (Å²) in [5.41, 5.74) is -1.61. The summed E-state index contributed by atoms with van der Waals surface area (Å²) in [6.07, 6.45) is 3.56. The van der Waals surface area contributed by atoms with Gasteiger partial charge in [-0.3, -0.25) is 4.79 Å². The Morgan fingerprint density at radius 3 is 2.75 bits per heavy atom. The van der Waals surface area contributed by atoms with E-state index in [0.717, 1.165) is 0 Å². The van der Waals surface area contributed by atoms with Gasteiger partial charge in [0.15, 0.2) is 0 Å². The number of likely N-dealkylation sites (N-methyl/N-ethyl adjacent to an activating group) is 1. The topological polar surface area (TPSA) is 74.5 Å². The molecule has 7 heteroatoms. The van der Waals surface area contributed by atoms with Crippen molar-refractivity contribution in [1.29, 1.82) is 0 Å². The van der Waals surface area contributed by atoms with E-state index in [0.29, 0.717) is 26.1 Å². The number of rotatable bonds is 4. The van der Waals surface area contributed by atoms with Crippen molar-refractivity contribution in [2.24, 2.45) is 0 Å². The number of β-amino-alcohol motifs (C(OH)–C–C–N with tert-alkyl or cyclic N) is 1. The van der Waals surface area contributed by atoms with E-state index >= 15 is 0 Å². The van der Waals surface area contributed by atoms with Gasteiger partial charge < -0.3 is 14.9 Å². The van der Waals surface area contributed by atoms with E-state index in [1.807, 2.05) is 32.8 Å². The van der Waals surface area contributed by atoms with Crippen molar-refractivity contribution in [3.63, 3.8) is 0 Å². The molecule has 2 heterocycles. The van der Waals surface area contributed by atoms with Crippen LogP contribution in [0.2, 0.25) is 0 Å². The van der Waals surface area contributed by atoms with Crippen molar-refractivity contribution in [3.05, 3.63) is 12.7 Å². The Kier molecular flexibility index (Phi) is 3.84. The Bertz CT molecular complexity index is 471. The van der Waals surface area contributed by atoms with Gasteiger partial charge in [0.1, 0.15) is 18.2 Å². The fraction of sp³-hybridized carbons (Fsp3) is 0.769. The van der Waals surface area contributed by atoms with Gasteiger partial charge >= 0.3 is 0 Å². The number of nitrogens with zero attached hydrogens (tertiary/aromatic N) is 5. The van der Waals surface area contributed by atoms with E-state index in [1.165, 1.54) is 6.33 Å². The van der Waals surface area contributed by atoms with Gasteiger partial charge in [0.05, 0.1) is 12.1 Å². The summed E-state index contributed by atoms with van der Waals surface area (Å²) in [7, 11) is 3.84. The predicted molar refractivity (Wildman–Crippen MR) is 74.0 cm³/mol. The quantitative estimate of drug-likeness (QED) is 0.808. The Hall–Kier alpha value is -1.47. The Morgan fingerprint density at radius 2 is 2.20 bits per heavy atom. The summed E-state index contributed by atoms with van der Waals surface area (Å²) < 4.78 is 1.55. The summed E-state index contributed by atoms with van der Waals surface area (Å²) in [5.74, 6) is -0.0438. The molecule has 0 aromatic carbocycles. The fourth-order valence-corrected chi connectivity index (χ4v) is 2.73. The molecule has 0 radical (unpaired) electrons. The van der Waals surface area contributed by atoms with Crippen LogP contribution in [-0.4, -0.2) is 74.9 Å². The van der Waals surface area contributed by atoms with Crippen LogP contribution in [0.15, 0.2) is 12.7 Å². The second-order valence-corrected chi connectivity index (χ2v) is 6.34. The molecule has 1 N–H and O–H groups in total. The third-order valence-corrected chi connectivity index (χ3v) is 3.74. The lowest BCUT2D eigenvalue weighted by atomic mass is 10.0. The Morgan fingerprint density at radius 1 is 1.50 bits per heavy atom. The van der Waals surface area contributed by atoms with Crippen molar-refractivity contribution in [2.75, 3.05) is 33.7 Å². The first kappa shape index (κ1) is 14.9. The maximum atomic E-state index is 12.7. The molecule has 0 bridgehead atoms. The summed E-state index contributed by atoms with van der Waals surface area (Å²) in [5, 5.41) is 14.6. The van der Waals surface area contributed by atoms with Crippen LogP contribution in [0.3, 0.4) is 0 Å². The average molecular weight is 281 g/mol. The molecule has 1 atom stereocenters. The van der Waals surface area contributed by atoms with Crippen LogP contribution in [0.1, 0.15) is 20.3 Å². The molecule has 1 aliphatic rings. The molecule has 0 saturated carbocycles. The van der Waals surface area contributed by atoms with Crippen LogP contribution in [0, 0.1) is 0 Å². The van der Waals surface area contributed by atoms with Gasteiger partial charge in [0, 0.05) is 13.1 Å². The molecule has 1 saturated heterocycles. The minimum atomic E-state index is -0.822. The van der Waals surface area contributed by atoms with Crippen LogP contribution in [0.5, 0.6) is 0 Å². The number of hydrogen-bond acceptors (Lipinski definition) is 5. The third kappa shape index (κ3) is 2.83. The first-order chi connectivity index (χ1) is 9.24. The van der Waals surface area contributed by atoms with Gasteiger partial charge in [-0.15, -0.1) is 0 Å². The highest BCUT2D eigenvalue weighted by atomic mass is 16.3. The lowest BCUT2D eigenvalue weighted by Crippen LogP contribution is -2.49. The summed E-state index contributed by atoms with van der Waals surface area (Å²) in [6, 6.07) is 0. The van der Waals surface area contributed by atoms with E-state index in [9.17, 15) is 9.90 Å². The van der Waals surface area contributed by atoms with Gasteiger partial charge in [-0.05, 0) is 34.4 Å². The number of carbonyl (C=O) groups excluding carboxylic acids is 1. The van der Waals surface area contributed by atoms with Crippen LogP contribution >= 0.6 is 0 Å². The highest BCUT2D eigenvalue weighted by molar-refractivity contribution is 5.84. The van der Waals surface area contributed by atoms with Gasteiger partial charge in [-0.1, -0.05) is 0 Å². The molecule has 0 spiro atoms. The van der Waals surface area contributed by atoms with Crippen LogP contribution in [-0.2, 0) is 10.3 Å². The maximum absolute atomic E-state index is 12.7. The zero-order chi connectivity index (χ0) is 15.0. The summed E-state index contributed by atoms with van der Waals surface area (Å²) in [4.78, 5) is 20.2. The van der Waals surface area contributed by atoms with E-state index in [1.54, 1.807) is 15.9 Å². The molecule has 1 amide bonds. The lowest BCUT2D eigenvalue weighted by molar-refractivity contribution is -0.139. The minimum absolute atomic E-state index is 0.0438. The van der Waals surface area contributed by atoms with Crippen LogP contribution in [0.25, 0.3) is 0 Å². The van der Waals surface area contributed by atoms with E-state index in [2.05, 4.69) is 10.1 Å². The average Bonchev–Trinajstić information content (AvgIpc) is 2.96. The van der Waals surface area contributed by atoms with E-state index in [4.69, 9.17) is 0 Å². The zero-order valence-corrected chi connectivity index (χ0v) is 12.6. The number of amides is 1. The highest BCUT2D eigenvalue weighted by Gasteiger charge is 2.43. The van der Waals surface area contributed by atoms with Gasteiger partial charge in [-0.25, -0.2) is 9.67 Å². The molecule has 1 aromatic heterocycles. The predicted octanol–water partition coefficient (Wildman–Crippen LogP) is -0.462. The Balaban J connectivity index is 2.08. The van der Waals surface area contributed by atoms with Crippen molar-refractivity contribution in [3.8, 4) is 0 Å².